The molecule has 0 saturated heterocycles. The molecule has 140 valence electrons. The van der Waals surface area contributed by atoms with Gasteiger partial charge in [-0.25, -0.2) is 4.79 Å². The van der Waals surface area contributed by atoms with E-state index >= 15 is 0 Å². The van der Waals surface area contributed by atoms with Crippen LogP contribution in [0.5, 0.6) is 0 Å². The number of hydrogen-bond acceptors (Lipinski definition) is 5. The van der Waals surface area contributed by atoms with Crippen LogP contribution in [0, 0.1) is 0 Å². The van der Waals surface area contributed by atoms with E-state index in [1.165, 1.54) is 0 Å². The van der Waals surface area contributed by atoms with Crippen molar-refractivity contribution >= 4 is 11.8 Å². The van der Waals surface area contributed by atoms with E-state index in [1.807, 2.05) is 67.5 Å². The first-order chi connectivity index (χ1) is 12.5. The highest BCUT2D eigenvalue weighted by Crippen LogP contribution is 2.27. The Hall–Kier alpha value is -2.57. The van der Waals surface area contributed by atoms with Gasteiger partial charge in [0.2, 0.25) is 0 Å². The van der Waals surface area contributed by atoms with Crippen LogP contribution < -0.4 is 10.2 Å². The number of nitrogens with zero attached hydrogens (tertiary/aromatic N) is 1. The largest absolute Gasteiger partial charge is 0.445 e. The highest BCUT2D eigenvalue weighted by Gasteiger charge is 2.21. The zero-order valence-electron chi connectivity index (χ0n) is 15.1. The van der Waals surface area contributed by atoms with Crippen LogP contribution >= 0.6 is 0 Å². The molecule has 2 atom stereocenters. The number of hydrogen-bond donors (Lipinski definition) is 3. The number of carbonyl (C=O) groups excluding carboxylic acids is 1. The summed E-state index contributed by atoms with van der Waals surface area (Å²) < 4.78 is 5.10. The van der Waals surface area contributed by atoms with Gasteiger partial charge in [0, 0.05) is 31.9 Å². The second-order valence-corrected chi connectivity index (χ2v) is 6.24. The maximum Gasteiger partial charge on any atom is 0.407 e. The molecule has 0 saturated carbocycles. The summed E-state index contributed by atoms with van der Waals surface area (Å²) in [7, 11) is 3.75. The van der Waals surface area contributed by atoms with Crippen molar-refractivity contribution in [1.82, 2.24) is 5.32 Å². The predicted molar refractivity (Wildman–Crippen MR) is 101 cm³/mol. The molecular weight excluding hydrogens is 332 g/mol. The standard InChI is InChI=1S/C20H26N2O4/c1-22(2)17-11-7-6-10-16(17)19(24)18(23)12-13-21-20(25)26-14-15-8-4-3-5-9-15/h3-11,18-19,23-24H,12-14H2,1-2H3,(H,21,25). The van der Waals surface area contributed by atoms with Crippen molar-refractivity contribution < 1.29 is 19.7 Å². The molecule has 0 bridgehead atoms. The normalized spacial score (nSPS) is 12.9. The fourth-order valence-corrected chi connectivity index (χ4v) is 2.61. The molecule has 2 rings (SSSR count). The molecule has 2 aromatic rings. The van der Waals surface area contributed by atoms with Crippen LogP contribution in [0.15, 0.2) is 54.6 Å². The van der Waals surface area contributed by atoms with E-state index in [2.05, 4.69) is 5.32 Å². The number of alkyl carbamates (subject to hydrolysis) is 1. The van der Waals surface area contributed by atoms with E-state index in [4.69, 9.17) is 4.74 Å². The number of aliphatic hydroxyl groups is 2. The van der Waals surface area contributed by atoms with E-state index in [0.717, 1.165) is 11.3 Å². The molecule has 0 aliphatic rings. The molecule has 0 aliphatic heterocycles. The lowest BCUT2D eigenvalue weighted by Gasteiger charge is -2.24. The lowest BCUT2D eigenvalue weighted by molar-refractivity contribution is 0.0139. The van der Waals surface area contributed by atoms with Crippen molar-refractivity contribution in [3.63, 3.8) is 0 Å². The number of rotatable bonds is 8. The first-order valence-electron chi connectivity index (χ1n) is 8.56. The maximum absolute atomic E-state index is 11.7. The van der Waals surface area contributed by atoms with Gasteiger partial charge in [-0.05, 0) is 18.1 Å². The smallest absolute Gasteiger partial charge is 0.407 e. The fraction of sp³-hybridized carbons (Fsp3) is 0.350. The third-order valence-corrected chi connectivity index (χ3v) is 4.02. The summed E-state index contributed by atoms with van der Waals surface area (Å²) in [6.45, 7) is 0.393. The van der Waals surface area contributed by atoms with Crippen molar-refractivity contribution in [2.24, 2.45) is 0 Å². The van der Waals surface area contributed by atoms with Crippen LogP contribution in [0.1, 0.15) is 23.7 Å². The Morgan fingerprint density at radius 3 is 2.42 bits per heavy atom. The van der Waals surface area contributed by atoms with Crippen LogP contribution in [0.4, 0.5) is 10.5 Å². The number of ether oxygens (including phenoxy) is 1. The third-order valence-electron chi connectivity index (χ3n) is 4.02. The van der Waals surface area contributed by atoms with Crippen molar-refractivity contribution in [3.05, 3.63) is 65.7 Å². The van der Waals surface area contributed by atoms with Crippen LogP contribution in [0.3, 0.4) is 0 Å². The van der Waals surface area contributed by atoms with Gasteiger partial charge in [-0.3, -0.25) is 0 Å². The van der Waals surface area contributed by atoms with Gasteiger partial charge in [0.25, 0.3) is 0 Å². The second-order valence-electron chi connectivity index (χ2n) is 6.24. The lowest BCUT2D eigenvalue weighted by Crippen LogP contribution is -2.30. The predicted octanol–water partition coefficient (Wildman–Crippen LogP) is 2.46. The zero-order valence-corrected chi connectivity index (χ0v) is 15.1. The van der Waals surface area contributed by atoms with Crippen LogP contribution in [0.2, 0.25) is 0 Å². The van der Waals surface area contributed by atoms with Gasteiger partial charge in [0.15, 0.2) is 0 Å². The van der Waals surface area contributed by atoms with Gasteiger partial charge in [-0.1, -0.05) is 48.5 Å². The molecule has 2 aromatic carbocycles. The molecule has 0 heterocycles. The molecule has 3 N–H and O–H groups in total. The quantitative estimate of drug-likeness (QED) is 0.675. The highest BCUT2D eigenvalue weighted by atomic mass is 16.5. The summed E-state index contributed by atoms with van der Waals surface area (Å²) in [5, 5.41) is 23.2. The van der Waals surface area contributed by atoms with Crippen molar-refractivity contribution in [2.75, 3.05) is 25.5 Å². The molecule has 26 heavy (non-hydrogen) atoms. The maximum atomic E-state index is 11.7. The third kappa shape index (κ3) is 5.75. The van der Waals surface area contributed by atoms with Crippen molar-refractivity contribution in [2.45, 2.75) is 25.2 Å². The van der Waals surface area contributed by atoms with E-state index in [0.29, 0.717) is 5.56 Å². The molecule has 0 aromatic heterocycles. The number of para-hydroxylation sites is 1. The summed E-state index contributed by atoms with van der Waals surface area (Å²) in [5.74, 6) is 0. The number of nitrogens with one attached hydrogen (secondary N) is 1. The number of carbonyl (C=O) groups is 1. The SMILES string of the molecule is CN(C)c1ccccc1C(O)C(O)CCNC(=O)OCc1ccccc1. The van der Waals surface area contributed by atoms with Gasteiger partial charge < -0.3 is 25.2 Å². The summed E-state index contributed by atoms with van der Waals surface area (Å²) in [5.41, 5.74) is 2.39. The molecule has 1 amide bonds. The summed E-state index contributed by atoms with van der Waals surface area (Å²) in [6, 6.07) is 16.7. The Morgan fingerprint density at radius 1 is 1.08 bits per heavy atom. The Balaban J connectivity index is 1.77. The Bertz CT molecular complexity index is 691. The molecule has 6 nitrogen and oxygen atoms in total. The molecule has 0 spiro atoms. The highest BCUT2D eigenvalue weighted by molar-refractivity contribution is 5.67. The average molecular weight is 358 g/mol. The zero-order chi connectivity index (χ0) is 18.9. The van der Waals surface area contributed by atoms with Crippen LogP contribution in [-0.4, -0.2) is 43.1 Å². The van der Waals surface area contributed by atoms with Gasteiger partial charge in [0.05, 0.1) is 6.10 Å². The summed E-state index contributed by atoms with van der Waals surface area (Å²) >= 11 is 0. The Morgan fingerprint density at radius 2 is 1.73 bits per heavy atom. The number of aliphatic hydroxyl groups excluding tert-OH is 2. The molecule has 0 radical (unpaired) electrons. The minimum Gasteiger partial charge on any atom is -0.445 e. The van der Waals surface area contributed by atoms with E-state index < -0.39 is 18.3 Å². The second kappa shape index (κ2) is 9.79. The Labute approximate surface area is 154 Å². The van der Waals surface area contributed by atoms with Crippen LogP contribution in [0.25, 0.3) is 0 Å². The van der Waals surface area contributed by atoms with Gasteiger partial charge in [-0.2, -0.15) is 0 Å². The monoisotopic (exact) mass is 358 g/mol. The fourth-order valence-electron chi connectivity index (χ4n) is 2.61. The van der Waals surface area contributed by atoms with E-state index in [9.17, 15) is 15.0 Å². The number of amides is 1. The lowest BCUT2D eigenvalue weighted by atomic mass is 10.00. The molecule has 0 fully saturated rings. The van der Waals surface area contributed by atoms with Crippen molar-refractivity contribution in [3.8, 4) is 0 Å². The van der Waals surface area contributed by atoms with E-state index in [-0.39, 0.29) is 19.6 Å². The van der Waals surface area contributed by atoms with Crippen LogP contribution in [-0.2, 0) is 11.3 Å². The number of benzene rings is 2. The Kier molecular flexibility index (Phi) is 7.44. The van der Waals surface area contributed by atoms with E-state index in [1.54, 1.807) is 6.07 Å². The number of anilines is 1. The van der Waals surface area contributed by atoms with Gasteiger partial charge in [-0.15, -0.1) is 0 Å². The summed E-state index contributed by atoms with van der Waals surface area (Å²) in [4.78, 5) is 13.6. The topological polar surface area (TPSA) is 82.0 Å². The summed E-state index contributed by atoms with van der Waals surface area (Å²) in [6.07, 6.45) is -2.37. The first-order valence-corrected chi connectivity index (χ1v) is 8.56. The minimum atomic E-state index is -1.03. The first kappa shape index (κ1) is 19.8. The van der Waals surface area contributed by atoms with Gasteiger partial charge >= 0.3 is 6.09 Å². The molecule has 6 heteroatoms. The average Bonchev–Trinajstić information content (AvgIpc) is 2.66. The molecule has 2 unspecified atom stereocenters. The minimum absolute atomic E-state index is 0.189. The molecule has 0 aliphatic carbocycles. The van der Waals surface area contributed by atoms with Crippen molar-refractivity contribution in [1.29, 1.82) is 0 Å². The van der Waals surface area contributed by atoms with Gasteiger partial charge in [0.1, 0.15) is 12.7 Å². The molecular formula is C20H26N2O4.